The third-order valence-corrected chi connectivity index (χ3v) is 3.44. The summed E-state index contributed by atoms with van der Waals surface area (Å²) in [4.78, 5) is 12.1. The first-order valence-electron chi connectivity index (χ1n) is 6.92. The summed E-state index contributed by atoms with van der Waals surface area (Å²) in [6.07, 6.45) is 0. The molecule has 5 heteroatoms. The number of nitrogen functional groups attached to an aromatic ring is 1. The average Bonchev–Trinajstić information content (AvgIpc) is 2.54. The number of phenolic OH excluding ortho intramolecular Hbond substituents is 1. The summed E-state index contributed by atoms with van der Waals surface area (Å²) in [5.41, 5.74) is 6.47. The molecule has 0 bridgehead atoms. The number of hydrogen-bond donors (Lipinski definition) is 3. The predicted octanol–water partition coefficient (Wildman–Crippen LogP) is 3.05. The number of phenols is 1. The topological polar surface area (TPSA) is 96.4 Å². The molecule has 114 valence electrons. The van der Waals surface area contributed by atoms with Gasteiger partial charge in [0.05, 0.1) is 5.56 Å². The van der Waals surface area contributed by atoms with Gasteiger partial charge in [0.15, 0.2) is 0 Å². The number of esters is 1. The van der Waals surface area contributed by atoms with E-state index in [9.17, 15) is 9.90 Å². The van der Waals surface area contributed by atoms with E-state index >= 15 is 0 Å². The predicted molar refractivity (Wildman–Crippen MR) is 88.0 cm³/mol. The van der Waals surface area contributed by atoms with Gasteiger partial charge >= 0.3 is 5.97 Å². The Bertz CT molecular complexity index is 902. The standard InChI is InChI=1S/C18H14N2O3/c19-17(20)14-2-1-13-10-16(8-5-12(13)9-14)23-18(22)11-3-6-15(21)7-4-11/h1-10,21H,(H3,19,20). The van der Waals surface area contributed by atoms with Gasteiger partial charge in [0.2, 0.25) is 0 Å². The van der Waals surface area contributed by atoms with Crippen molar-refractivity contribution in [3.8, 4) is 11.5 Å². The van der Waals surface area contributed by atoms with Crippen molar-refractivity contribution in [1.82, 2.24) is 0 Å². The fraction of sp³-hybridized carbons (Fsp3) is 0. The van der Waals surface area contributed by atoms with E-state index in [1.54, 1.807) is 24.3 Å². The summed E-state index contributed by atoms with van der Waals surface area (Å²) in [5, 5.41) is 18.5. The number of nitrogens with two attached hydrogens (primary N) is 1. The van der Waals surface area contributed by atoms with Crippen molar-refractivity contribution in [3.63, 3.8) is 0 Å². The number of carbonyl (C=O) groups is 1. The summed E-state index contributed by atoms with van der Waals surface area (Å²) in [5.74, 6) is 0.0270. The normalized spacial score (nSPS) is 10.4. The maximum atomic E-state index is 12.1. The van der Waals surface area contributed by atoms with E-state index in [0.717, 1.165) is 10.8 Å². The van der Waals surface area contributed by atoms with Crippen LogP contribution in [0.1, 0.15) is 15.9 Å². The van der Waals surface area contributed by atoms with Crippen molar-refractivity contribution in [2.45, 2.75) is 0 Å². The van der Waals surface area contributed by atoms with E-state index < -0.39 is 5.97 Å². The number of aromatic hydroxyl groups is 1. The molecule has 0 aromatic heterocycles. The number of hydrogen-bond acceptors (Lipinski definition) is 4. The minimum Gasteiger partial charge on any atom is -0.508 e. The van der Waals surface area contributed by atoms with Crippen LogP contribution in [0.2, 0.25) is 0 Å². The molecule has 3 rings (SSSR count). The van der Waals surface area contributed by atoms with Gasteiger partial charge in [-0.3, -0.25) is 5.41 Å². The molecule has 0 spiro atoms. The van der Waals surface area contributed by atoms with Crippen LogP contribution in [-0.2, 0) is 0 Å². The molecule has 0 atom stereocenters. The Kier molecular flexibility index (Phi) is 3.68. The fourth-order valence-electron chi connectivity index (χ4n) is 2.22. The molecule has 4 N–H and O–H groups in total. The van der Waals surface area contributed by atoms with Crippen molar-refractivity contribution < 1.29 is 14.6 Å². The summed E-state index contributed by atoms with van der Waals surface area (Å²) < 4.78 is 5.34. The zero-order valence-electron chi connectivity index (χ0n) is 12.1. The Morgan fingerprint density at radius 2 is 1.52 bits per heavy atom. The molecule has 0 amide bonds. The monoisotopic (exact) mass is 306 g/mol. The minimum atomic E-state index is -0.496. The lowest BCUT2D eigenvalue weighted by atomic mass is 10.1. The Hall–Kier alpha value is -3.34. The second kappa shape index (κ2) is 5.81. The van der Waals surface area contributed by atoms with Crippen LogP contribution in [0.4, 0.5) is 0 Å². The largest absolute Gasteiger partial charge is 0.508 e. The van der Waals surface area contributed by atoms with Gasteiger partial charge in [-0.25, -0.2) is 4.79 Å². The third-order valence-electron chi connectivity index (χ3n) is 3.44. The molecule has 0 saturated heterocycles. The van der Waals surface area contributed by atoms with Crippen molar-refractivity contribution in [1.29, 1.82) is 5.41 Å². The summed E-state index contributed by atoms with van der Waals surface area (Å²) in [6, 6.07) is 16.5. The third kappa shape index (κ3) is 3.13. The van der Waals surface area contributed by atoms with Gasteiger partial charge in [-0.1, -0.05) is 18.2 Å². The Morgan fingerprint density at radius 1 is 0.913 bits per heavy atom. The molecule has 3 aromatic carbocycles. The van der Waals surface area contributed by atoms with E-state index in [1.165, 1.54) is 24.3 Å². The first-order valence-corrected chi connectivity index (χ1v) is 6.92. The second-order valence-corrected chi connectivity index (χ2v) is 5.07. The van der Waals surface area contributed by atoms with Crippen molar-refractivity contribution in [2.75, 3.05) is 0 Å². The molecule has 23 heavy (non-hydrogen) atoms. The molecule has 0 unspecified atom stereocenters. The van der Waals surface area contributed by atoms with E-state index in [-0.39, 0.29) is 11.6 Å². The van der Waals surface area contributed by atoms with E-state index in [2.05, 4.69) is 0 Å². The van der Waals surface area contributed by atoms with Gasteiger partial charge in [-0.2, -0.15) is 0 Å². The molecule has 3 aromatic rings. The molecule has 0 saturated carbocycles. The Morgan fingerprint density at radius 3 is 2.22 bits per heavy atom. The Labute approximate surface area is 132 Å². The first-order chi connectivity index (χ1) is 11.0. The highest BCUT2D eigenvalue weighted by Gasteiger charge is 2.09. The number of amidine groups is 1. The SMILES string of the molecule is N=C(N)c1ccc2cc(OC(=O)c3ccc(O)cc3)ccc2c1. The van der Waals surface area contributed by atoms with E-state index in [4.69, 9.17) is 15.9 Å². The summed E-state index contributed by atoms with van der Waals surface area (Å²) in [6.45, 7) is 0. The van der Waals surface area contributed by atoms with Crippen molar-refractivity contribution in [2.24, 2.45) is 5.73 Å². The molecule has 0 aliphatic carbocycles. The number of ether oxygens (including phenoxy) is 1. The highest BCUT2D eigenvalue weighted by molar-refractivity contribution is 5.99. The highest BCUT2D eigenvalue weighted by Crippen LogP contribution is 2.23. The fourth-order valence-corrected chi connectivity index (χ4v) is 2.22. The van der Waals surface area contributed by atoms with Crippen LogP contribution >= 0.6 is 0 Å². The van der Waals surface area contributed by atoms with Crippen molar-refractivity contribution in [3.05, 3.63) is 71.8 Å². The van der Waals surface area contributed by atoms with Crippen molar-refractivity contribution >= 4 is 22.6 Å². The van der Waals surface area contributed by atoms with Gasteiger partial charge < -0.3 is 15.6 Å². The van der Waals surface area contributed by atoms with Crippen LogP contribution < -0.4 is 10.5 Å². The maximum Gasteiger partial charge on any atom is 0.343 e. The molecule has 0 aliphatic heterocycles. The summed E-state index contributed by atoms with van der Waals surface area (Å²) >= 11 is 0. The van der Waals surface area contributed by atoms with Gasteiger partial charge in [-0.05, 0) is 53.2 Å². The number of rotatable bonds is 3. The van der Waals surface area contributed by atoms with Gasteiger partial charge in [0.25, 0.3) is 0 Å². The number of carbonyl (C=O) groups excluding carboxylic acids is 1. The van der Waals surface area contributed by atoms with Crippen LogP contribution in [0.3, 0.4) is 0 Å². The zero-order chi connectivity index (χ0) is 16.4. The first kappa shape index (κ1) is 14.6. The van der Waals surface area contributed by atoms with Crippen LogP contribution in [0, 0.1) is 5.41 Å². The summed E-state index contributed by atoms with van der Waals surface area (Å²) in [7, 11) is 0. The van der Waals surface area contributed by atoms with Crippen LogP contribution in [0.15, 0.2) is 60.7 Å². The van der Waals surface area contributed by atoms with Gasteiger partial charge in [-0.15, -0.1) is 0 Å². The molecule has 0 fully saturated rings. The molecule has 0 heterocycles. The average molecular weight is 306 g/mol. The molecular weight excluding hydrogens is 292 g/mol. The van der Waals surface area contributed by atoms with Gasteiger partial charge in [0, 0.05) is 5.56 Å². The lowest BCUT2D eigenvalue weighted by Crippen LogP contribution is -2.10. The zero-order valence-corrected chi connectivity index (χ0v) is 12.1. The quantitative estimate of drug-likeness (QED) is 0.300. The number of nitrogens with one attached hydrogen (secondary N) is 1. The van der Waals surface area contributed by atoms with Crippen LogP contribution in [0.25, 0.3) is 10.8 Å². The molecule has 0 radical (unpaired) electrons. The van der Waals surface area contributed by atoms with Crippen LogP contribution in [0.5, 0.6) is 11.5 Å². The minimum absolute atomic E-state index is 0.00901. The molecule has 0 aliphatic rings. The maximum absolute atomic E-state index is 12.1. The molecule has 5 nitrogen and oxygen atoms in total. The van der Waals surface area contributed by atoms with Crippen LogP contribution in [-0.4, -0.2) is 16.9 Å². The smallest absolute Gasteiger partial charge is 0.343 e. The second-order valence-electron chi connectivity index (χ2n) is 5.07. The number of benzene rings is 3. The van der Waals surface area contributed by atoms with Gasteiger partial charge in [0.1, 0.15) is 17.3 Å². The van der Waals surface area contributed by atoms with E-state index in [1.807, 2.05) is 12.1 Å². The number of fused-ring (bicyclic) bond motifs is 1. The lowest BCUT2D eigenvalue weighted by molar-refractivity contribution is 0.0735. The highest BCUT2D eigenvalue weighted by atomic mass is 16.5. The Balaban J connectivity index is 1.86. The molecular formula is C18H14N2O3. The van der Waals surface area contributed by atoms with E-state index in [0.29, 0.717) is 16.9 Å². The lowest BCUT2D eigenvalue weighted by Gasteiger charge is -2.07.